The zero-order valence-electron chi connectivity index (χ0n) is 41.5. The fourth-order valence-corrected chi connectivity index (χ4v) is 12.9. The van der Waals surface area contributed by atoms with Crippen molar-refractivity contribution in [2.45, 2.75) is 114 Å². The minimum atomic E-state index is 0.103. The molecule has 9 aromatic rings. The summed E-state index contributed by atoms with van der Waals surface area (Å²) in [4.78, 5) is 60.5. The van der Waals surface area contributed by atoms with Gasteiger partial charge in [0.05, 0.1) is 17.8 Å². The van der Waals surface area contributed by atoms with Crippen molar-refractivity contribution in [3.05, 3.63) is 205 Å². The molecule has 12 heteroatoms. The summed E-state index contributed by atoms with van der Waals surface area (Å²) in [5, 5.41) is 6.29. The maximum Gasteiger partial charge on any atom is 0.161 e. The van der Waals surface area contributed by atoms with Gasteiger partial charge in [0.15, 0.2) is 17.3 Å². The molecule has 0 bridgehead atoms. The van der Waals surface area contributed by atoms with Crippen LogP contribution in [0.2, 0.25) is 0 Å². The highest BCUT2D eigenvalue weighted by atomic mass is 32.1. The third kappa shape index (κ3) is 9.86. The van der Waals surface area contributed by atoms with Crippen LogP contribution in [0.5, 0.6) is 0 Å². The molecule has 9 aromatic heterocycles. The molecule has 3 atom stereocenters. The fraction of sp³-hybridized carbons (Fsp3) is 0.304. The Hall–Kier alpha value is -6.21. The number of nitrogens with one attached hydrogen (secondary N) is 6. The van der Waals surface area contributed by atoms with Gasteiger partial charge in [0.1, 0.15) is 0 Å². The molecule has 0 saturated heterocycles. The molecular formula is C56H64N6O3S3. The third-order valence-electron chi connectivity index (χ3n) is 13.2. The van der Waals surface area contributed by atoms with E-state index in [-0.39, 0.29) is 35.1 Å². The van der Waals surface area contributed by atoms with Crippen molar-refractivity contribution in [3.8, 4) is 0 Å². The van der Waals surface area contributed by atoms with E-state index in [1.54, 1.807) is 54.8 Å². The van der Waals surface area contributed by atoms with E-state index < -0.39 is 0 Å². The Morgan fingerprint density at radius 2 is 0.853 bits per heavy atom. The average Bonchev–Trinajstić information content (AvgIpc) is 4.13. The summed E-state index contributed by atoms with van der Waals surface area (Å²) in [5.74, 6) is 0.683. The Morgan fingerprint density at radius 1 is 0.456 bits per heavy atom. The lowest BCUT2D eigenvalue weighted by Crippen LogP contribution is -2.06. The Kier molecular flexibility index (Phi) is 15.3. The van der Waals surface area contributed by atoms with Crippen LogP contribution in [0.25, 0.3) is 0 Å². The fourth-order valence-electron chi connectivity index (χ4n) is 10.3. The molecule has 9 heterocycles. The number of carbonyl (C=O) groups is 3. The molecule has 9 rings (SSSR count). The first-order valence-corrected chi connectivity index (χ1v) is 25.8. The number of ketones is 3. The first-order chi connectivity index (χ1) is 32.4. The Labute approximate surface area is 412 Å². The van der Waals surface area contributed by atoms with E-state index in [4.69, 9.17) is 0 Å². The molecule has 0 aromatic carbocycles. The molecule has 0 spiro atoms. The van der Waals surface area contributed by atoms with E-state index in [0.29, 0.717) is 0 Å². The van der Waals surface area contributed by atoms with Gasteiger partial charge >= 0.3 is 0 Å². The summed E-state index contributed by atoms with van der Waals surface area (Å²) in [6.45, 7) is 25.6. The zero-order chi connectivity index (χ0) is 49.1. The number of hydrogen-bond acceptors (Lipinski definition) is 6. The van der Waals surface area contributed by atoms with Crippen molar-refractivity contribution < 1.29 is 14.4 Å². The minimum absolute atomic E-state index is 0.103. The van der Waals surface area contributed by atoms with Gasteiger partial charge in [-0.15, -0.1) is 34.0 Å². The molecule has 3 unspecified atom stereocenters. The second-order valence-electron chi connectivity index (χ2n) is 17.8. The Balaban J connectivity index is 0.000000152. The normalized spacial score (nSPS) is 12.5. The summed E-state index contributed by atoms with van der Waals surface area (Å²) in [7, 11) is 0. The number of rotatable bonds is 13. The van der Waals surface area contributed by atoms with E-state index in [1.807, 2.05) is 46.9 Å². The average molecular weight is 965 g/mol. The van der Waals surface area contributed by atoms with Crippen LogP contribution in [0.4, 0.5) is 0 Å². The molecule has 6 N–H and O–H groups in total. The number of thiophene rings is 3. The molecule has 354 valence electrons. The van der Waals surface area contributed by atoms with Gasteiger partial charge in [0.25, 0.3) is 0 Å². The Bertz CT molecular complexity index is 3110. The summed E-state index contributed by atoms with van der Waals surface area (Å²) in [5.41, 5.74) is 20.4. The number of aryl methyl sites for hydroxylation is 5. The van der Waals surface area contributed by atoms with Crippen LogP contribution < -0.4 is 0 Å². The first kappa shape index (κ1) is 49.7. The van der Waals surface area contributed by atoms with Crippen molar-refractivity contribution in [2.75, 3.05) is 0 Å². The second-order valence-corrected chi connectivity index (χ2v) is 20.8. The van der Waals surface area contributed by atoms with Crippen molar-refractivity contribution in [1.82, 2.24) is 29.9 Å². The monoisotopic (exact) mass is 964 g/mol. The molecular weight excluding hydrogens is 901 g/mol. The molecule has 0 amide bonds. The highest BCUT2D eigenvalue weighted by Gasteiger charge is 2.30. The highest BCUT2D eigenvalue weighted by Crippen LogP contribution is 2.41. The van der Waals surface area contributed by atoms with Crippen LogP contribution in [0.15, 0.2) is 83.0 Å². The number of Topliss-reactive ketones (excluding diaryl/α,β-unsaturated/α-hetero) is 3. The quantitative estimate of drug-likeness (QED) is 0.0640. The van der Waals surface area contributed by atoms with Crippen LogP contribution in [0.3, 0.4) is 0 Å². The van der Waals surface area contributed by atoms with Gasteiger partial charge in [-0.3, -0.25) is 14.4 Å². The van der Waals surface area contributed by atoms with Gasteiger partial charge in [0, 0.05) is 100 Å². The lowest BCUT2D eigenvalue weighted by atomic mass is 9.92. The predicted molar refractivity (Wildman–Crippen MR) is 283 cm³/mol. The summed E-state index contributed by atoms with van der Waals surface area (Å²) in [6, 6.07) is 21.0. The highest BCUT2D eigenvalue weighted by molar-refractivity contribution is 7.10. The van der Waals surface area contributed by atoms with Gasteiger partial charge in [-0.1, -0.05) is 25.1 Å². The number of H-pyrrole nitrogens is 6. The van der Waals surface area contributed by atoms with E-state index in [1.165, 1.54) is 37.1 Å². The number of hydrogen-bond donors (Lipinski definition) is 6. The van der Waals surface area contributed by atoms with Crippen molar-refractivity contribution in [2.24, 2.45) is 0 Å². The molecule has 68 heavy (non-hydrogen) atoms. The van der Waals surface area contributed by atoms with Gasteiger partial charge < -0.3 is 29.9 Å². The Morgan fingerprint density at radius 3 is 1.18 bits per heavy atom. The maximum atomic E-state index is 12.1. The zero-order valence-corrected chi connectivity index (χ0v) is 43.9. The van der Waals surface area contributed by atoms with Crippen LogP contribution >= 0.6 is 34.0 Å². The molecule has 9 nitrogen and oxygen atoms in total. The molecule has 0 fully saturated rings. The van der Waals surface area contributed by atoms with E-state index in [0.717, 1.165) is 91.0 Å². The molecule has 0 saturated carbocycles. The van der Waals surface area contributed by atoms with Crippen LogP contribution in [-0.2, 0) is 6.42 Å². The second kappa shape index (κ2) is 21.0. The van der Waals surface area contributed by atoms with Crippen molar-refractivity contribution in [1.29, 1.82) is 0 Å². The lowest BCUT2D eigenvalue weighted by molar-refractivity contribution is 0.100. The predicted octanol–water partition coefficient (Wildman–Crippen LogP) is 14.7. The third-order valence-corrected chi connectivity index (χ3v) is 16.0. The molecule has 0 radical (unpaired) electrons. The van der Waals surface area contributed by atoms with Crippen LogP contribution in [0, 0.1) is 62.3 Å². The first-order valence-electron chi connectivity index (χ1n) is 23.1. The number of carbonyl (C=O) groups excluding carboxylic acids is 3. The van der Waals surface area contributed by atoms with Crippen LogP contribution in [0.1, 0.15) is 182 Å². The molecule has 0 aliphatic rings. The smallest absolute Gasteiger partial charge is 0.161 e. The largest absolute Gasteiger partial charge is 0.364 e. The van der Waals surface area contributed by atoms with Crippen molar-refractivity contribution >= 4 is 51.4 Å². The van der Waals surface area contributed by atoms with Gasteiger partial charge in [-0.25, -0.2) is 0 Å². The maximum absolute atomic E-state index is 12.1. The minimum Gasteiger partial charge on any atom is -0.364 e. The summed E-state index contributed by atoms with van der Waals surface area (Å²) < 4.78 is 0. The van der Waals surface area contributed by atoms with E-state index in [9.17, 15) is 14.4 Å². The van der Waals surface area contributed by atoms with E-state index >= 15 is 0 Å². The van der Waals surface area contributed by atoms with Gasteiger partial charge in [-0.05, 0) is 176 Å². The van der Waals surface area contributed by atoms with Gasteiger partial charge in [-0.2, -0.15) is 0 Å². The van der Waals surface area contributed by atoms with Gasteiger partial charge in [0.2, 0.25) is 0 Å². The number of aromatic amines is 6. The lowest BCUT2D eigenvalue weighted by Gasteiger charge is -2.17. The van der Waals surface area contributed by atoms with E-state index in [2.05, 4.69) is 135 Å². The SMILES string of the molecule is CC(=O)c1c(C)[nH]c(C(c2ccc(C)[nH]2)c2cccs2)c1C.CC(=O)c1c(C)[nH]c(C(c2ccc[nH]2)c2cccs2)c1C.CCc1c(C)[nH]c(C(c2cccs2)c2[nH]c(C)c(C(C)=O)c2C)c1C. The number of aromatic nitrogens is 6. The molecule has 0 aliphatic carbocycles. The standard InChI is InChI=1S/C21H26N2OS.C18H20N2OS.C17H18N2OS/c1-7-16-11(2)20(22-13(16)4)19(17-9-8-10-25-17)21-12(3)18(15(6)24)14(5)23-21;1-10-7-8-14(19-10)17(15-6-5-9-22-15)18-11(2)16(13(4)21)12(3)20-18;1-10-15(12(3)20)11(2)19-17(10)16(13-6-4-8-18-13)14-7-5-9-21-14/h8-10,19,22-23H,7H2,1-6H3;5-9,17,19-20H,1-4H3;4-9,16,18-19H,1-3H3. The molecule has 0 aliphatic heterocycles. The van der Waals surface area contributed by atoms with Crippen molar-refractivity contribution in [3.63, 3.8) is 0 Å². The summed E-state index contributed by atoms with van der Waals surface area (Å²) in [6.07, 6.45) is 2.96. The summed E-state index contributed by atoms with van der Waals surface area (Å²) >= 11 is 5.23. The van der Waals surface area contributed by atoms with Crippen LogP contribution in [-0.4, -0.2) is 47.3 Å². The topological polar surface area (TPSA) is 146 Å².